The molecule has 0 heterocycles. The highest BCUT2D eigenvalue weighted by molar-refractivity contribution is 9.10. The largest absolute Gasteiger partial charge is 0.271 e. The highest BCUT2D eigenvalue weighted by Gasteiger charge is 2.12. The van der Waals surface area contributed by atoms with E-state index in [2.05, 4.69) is 27.4 Å². The molecule has 2 aromatic carbocycles. The molecule has 1 atom stereocenters. The number of hydrogen-bond donors (Lipinski definition) is 2. The van der Waals surface area contributed by atoms with E-state index >= 15 is 0 Å². The molecule has 5 heteroatoms. The van der Waals surface area contributed by atoms with Gasteiger partial charge in [-0.3, -0.25) is 11.3 Å². The van der Waals surface area contributed by atoms with E-state index in [1.165, 1.54) is 11.0 Å². The third kappa shape index (κ3) is 4.81. The molecule has 2 aromatic rings. The molecule has 0 saturated carbocycles. The first kappa shape index (κ1) is 16.5. The lowest BCUT2D eigenvalue weighted by atomic mass is 10.0. The van der Waals surface area contributed by atoms with Crippen LogP contribution in [0.4, 0.5) is 4.39 Å². The highest BCUT2D eigenvalue weighted by Crippen LogP contribution is 2.28. The molecule has 0 amide bonds. The Morgan fingerprint density at radius 2 is 2.05 bits per heavy atom. The first-order valence-electron chi connectivity index (χ1n) is 6.68. The normalized spacial score (nSPS) is 12.4. The molecule has 2 rings (SSSR count). The summed E-state index contributed by atoms with van der Waals surface area (Å²) in [6.45, 7) is 1.99. The number of hydrazine groups is 1. The minimum Gasteiger partial charge on any atom is -0.271 e. The Bertz CT molecular complexity index is 607. The molecular weight excluding hydrogens is 351 g/mol. The molecular formula is C16H18BrFN2S. The number of benzene rings is 2. The first-order chi connectivity index (χ1) is 10.1. The molecule has 3 N–H and O–H groups in total. The van der Waals surface area contributed by atoms with Gasteiger partial charge < -0.3 is 0 Å². The van der Waals surface area contributed by atoms with E-state index in [0.29, 0.717) is 6.42 Å². The maximum atomic E-state index is 13.3. The van der Waals surface area contributed by atoms with Crippen LogP contribution in [0.1, 0.15) is 11.1 Å². The summed E-state index contributed by atoms with van der Waals surface area (Å²) in [6, 6.07) is 13.0. The Morgan fingerprint density at radius 3 is 2.76 bits per heavy atom. The van der Waals surface area contributed by atoms with E-state index in [-0.39, 0.29) is 11.9 Å². The lowest BCUT2D eigenvalue weighted by molar-refractivity contribution is 0.569. The van der Waals surface area contributed by atoms with Gasteiger partial charge in [-0.25, -0.2) is 4.39 Å². The van der Waals surface area contributed by atoms with Crippen molar-refractivity contribution in [2.75, 3.05) is 5.75 Å². The van der Waals surface area contributed by atoms with E-state index in [1.807, 2.05) is 25.1 Å². The van der Waals surface area contributed by atoms with Crippen molar-refractivity contribution in [2.45, 2.75) is 24.3 Å². The Morgan fingerprint density at radius 1 is 1.29 bits per heavy atom. The van der Waals surface area contributed by atoms with Crippen LogP contribution in [0.25, 0.3) is 0 Å². The van der Waals surface area contributed by atoms with Crippen LogP contribution in [-0.4, -0.2) is 11.8 Å². The number of hydrogen-bond acceptors (Lipinski definition) is 3. The monoisotopic (exact) mass is 368 g/mol. The molecule has 0 aromatic heterocycles. The second-order valence-corrected chi connectivity index (χ2v) is 6.80. The quantitative estimate of drug-likeness (QED) is 0.458. The summed E-state index contributed by atoms with van der Waals surface area (Å²) in [6.07, 6.45) is 0.706. The second kappa shape index (κ2) is 7.94. The van der Waals surface area contributed by atoms with Crippen LogP contribution in [0.5, 0.6) is 0 Å². The minimum atomic E-state index is -0.204. The van der Waals surface area contributed by atoms with Gasteiger partial charge in [-0.15, -0.1) is 11.8 Å². The van der Waals surface area contributed by atoms with Crippen molar-refractivity contribution < 1.29 is 4.39 Å². The fourth-order valence-electron chi connectivity index (χ4n) is 2.04. The van der Waals surface area contributed by atoms with E-state index in [9.17, 15) is 4.39 Å². The lowest BCUT2D eigenvalue weighted by Crippen LogP contribution is -2.38. The maximum Gasteiger partial charge on any atom is 0.123 e. The second-order valence-electron chi connectivity index (χ2n) is 4.88. The van der Waals surface area contributed by atoms with Crippen molar-refractivity contribution in [3.63, 3.8) is 0 Å². The number of nitrogens with two attached hydrogens (primary N) is 1. The van der Waals surface area contributed by atoms with Crippen molar-refractivity contribution in [1.82, 2.24) is 5.43 Å². The van der Waals surface area contributed by atoms with Crippen LogP contribution in [0, 0.1) is 12.7 Å². The van der Waals surface area contributed by atoms with Gasteiger partial charge >= 0.3 is 0 Å². The van der Waals surface area contributed by atoms with Gasteiger partial charge in [0.2, 0.25) is 0 Å². The summed E-state index contributed by atoms with van der Waals surface area (Å²) >= 11 is 5.26. The zero-order valence-electron chi connectivity index (χ0n) is 11.8. The SMILES string of the molecule is Cc1ccc(F)cc1CC(CSc1ccccc1Br)NN. The number of nitrogens with one attached hydrogen (secondary N) is 1. The Balaban J connectivity index is 2.00. The van der Waals surface area contributed by atoms with Gasteiger partial charge in [0.1, 0.15) is 5.82 Å². The molecule has 0 radical (unpaired) electrons. The summed E-state index contributed by atoms with van der Waals surface area (Å²) in [5, 5.41) is 0. The summed E-state index contributed by atoms with van der Waals surface area (Å²) < 4.78 is 14.4. The molecule has 0 fully saturated rings. The van der Waals surface area contributed by atoms with Crippen LogP contribution in [0.3, 0.4) is 0 Å². The molecule has 112 valence electrons. The van der Waals surface area contributed by atoms with Crippen molar-refractivity contribution in [3.8, 4) is 0 Å². The molecule has 1 unspecified atom stereocenters. The van der Waals surface area contributed by atoms with Gasteiger partial charge in [-0.1, -0.05) is 18.2 Å². The molecule has 2 nitrogen and oxygen atoms in total. The van der Waals surface area contributed by atoms with Crippen molar-refractivity contribution >= 4 is 27.7 Å². The van der Waals surface area contributed by atoms with Gasteiger partial charge in [0.05, 0.1) is 0 Å². The topological polar surface area (TPSA) is 38.0 Å². The van der Waals surface area contributed by atoms with Crippen molar-refractivity contribution in [1.29, 1.82) is 0 Å². The van der Waals surface area contributed by atoms with Gasteiger partial charge in [0, 0.05) is 21.2 Å². The predicted molar refractivity (Wildman–Crippen MR) is 90.8 cm³/mol. The van der Waals surface area contributed by atoms with Crippen LogP contribution >= 0.6 is 27.7 Å². The summed E-state index contributed by atoms with van der Waals surface area (Å²) in [7, 11) is 0. The van der Waals surface area contributed by atoms with Gasteiger partial charge in [-0.2, -0.15) is 0 Å². The average molecular weight is 369 g/mol. The summed E-state index contributed by atoms with van der Waals surface area (Å²) in [4.78, 5) is 1.17. The van der Waals surface area contributed by atoms with Gasteiger partial charge in [0.15, 0.2) is 0 Å². The maximum absolute atomic E-state index is 13.3. The molecule has 0 aliphatic rings. The van der Waals surface area contributed by atoms with E-state index in [0.717, 1.165) is 21.4 Å². The Kier molecular flexibility index (Phi) is 6.23. The van der Waals surface area contributed by atoms with Crippen LogP contribution in [0.15, 0.2) is 51.8 Å². The van der Waals surface area contributed by atoms with Crippen LogP contribution < -0.4 is 11.3 Å². The number of thioether (sulfide) groups is 1. The minimum absolute atomic E-state index is 0.0857. The molecule has 0 aliphatic carbocycles. The van der Waals surface area contributed by atoms with E-state index in [4.69, 9.17) is 5.84 Å². The van der Waals surface area contributed by atoms with E-state index in [1.54, 1.807) is 23.9 Å². The lowest BCUT2D eigenvalue weighted by Gasteiger charge is -2.17. The van der Waals surface area contributed by atoms with Gasteiger partial charge in [-0.05, 0) is 64.7 Å². The number of rotatable bonds is 6. The highest BCUT2D eigenvalue weighted by atomic mass is 79.9. The zero-order valence-corrected chi connectivity index (χ0v) is 14.2. The smallest absolute Gasteiger partial charge is 0.123 e. The third-order valence-corrected chi connectivity index (χ3v) is 5.48. The number of aryl methyl sites for hydroxylation is 1. The average Bonchev–Trinajstić information content (AvgIpc) is 2.48. The fraction of sp³-hybridized carbons (Fsp3) is 0.250. The molecule has 0 spiro atoms. The van der Waals surface area contributed by atoms with Crippen molar-refractivity contribution in [3.05, 3.63) is 63.9 Å². The molecule has 21 heavy (non-hydrogen) atoms. The predicted octanol–water partition coefficient (Wildman–Crippen LogP) is 4.06. The number of halogens is 2. The van der Waals surface area contributed by atoms with Gasteiger partial charge in [0.25, 0.3) is 0 Å². The molecule has 0 aliphatic heterocycles. The summed E-state index contributed by atoms with van der Waals surface area (Å²) in [5.74, 6) is 6.25. The van der Waals surface area contributed by atoms with E-state index < -0.39 is 0 Å². The fourth-order valence-corrected chi connectivity index (χ4v) is 3.65. The standard InChI is InChI=1S/C16H18BrFN2S/c1-11-6-7-13(18)8-12(11)9-14(20-19)10-21-16-5-3-2-4-15(16)17/h2-8,14,20H,9-10,19H2,1H3. The molecule has 0 saturated heterocycles. The molecule has 0 bridgehead atoms. The zero-order chi connectivity index (χ0) is 15.2. The third-order valence-electron chi connectivity index (χ3n) is 3.29. The first-order valence-corrected chi connectivity index (χ1v) is 8.46. The van der Waals surface area contributed by atoms with Crippen LogP contribution in [0.2, 0.25) is 0 Å². The van der Waals surface area contributed by atoms with Crippen LogP contribution in [-0.2, 0) is 6.42 Å². The Labute approximate surface area is 137 Å². The van der Waals surface area contributed by atoms with Crippen molar-refractivity contribution in [2.24, 2.45) is 5.84 Å². The summed E-state index contributed by atoms with van der Waals surface area (Å²) in [5.41, 5.74) is 4.91. The Hall–Kier alpha value is -0.880.